The molecule has 0 aliphatic carbocycles. The van der Waals surface area contributed by atoms with Crippen molar-refractivity contribution in [1.29, 1.82) is 0 Å². The minimum absolute atomic E-state index is 0.0256. The second kappa shape index (κ2) is 5.42. The third kappa shape index (κ3) is 2.55. The Morgan fingerprint density at radius 3 is 3.10 bits per heavy atom. The molecule has 0 bridgehead atoms. The maximum absolute atomic E-state index is 12.1. The molecule has 1 fully saturated rings. The Morgan fingerprint density at radius 1 is 1.50 bits per heavy atom. The van der Waals surface area contributed by atoms with E-state index >= 15 is 0 Å². The number of carbonyl (C=O) groups is 1. The fourth-order valence-electron chi connectivity index (χ4n) is 2.42. The molecule has 1 aliphatic heterocycles. The lowest BCUT2D eigenvalue weighted by Crippen LogP contribution is -2.35. The number of rotatable bonds is 3. The van der Waals surface area contributed by atoms with E-state index in [1.165, 1.54) is 0 Å². The Balaban J connectivity index is 1.78. The monoisotopic (exact) mass is 271 g/mol. The summed E-state index contributed by atoms with van der Waals surface area (Å²) in [6.07, 6.45) is 3.61. The molecule has 0 radical (unpaired) electrons. The van der Waals surface area contributed by atoms with Gasteiger partial charge in [0.15, 0.2) is 5.82 Å². The highest BCUT2D eigenvalue weighted by Crippen LogP contribution is 2.20. The Hall–Kier alpha value is -2.21. The molecule has 1 amide bonds. The van der Waals surface area contributed by atoms with Crippen LogP contribution in [0, 0.1) is 0 Å². The van der Waals surface area contributed by atoms with Crippen molar-refractivity contribution in [2.24, 2.45) is 7.05 Å². The first-order valence-corrected chi connectivity index (χ1v) is 6.73. The van der Waals surface area contributed by atoms with Crippen LogP contribution in [-0.2, 0) is 11.8 Å². The zero-order chi connectivity index (χ0) is 13.9. The molecule has 1 saturated heterocycles. The van der Waals surface area contributed by atoms with Crippen LogP contribution in [0.5, 0.6) is 0 Å². The molecule has 20 heavy (non-hydrogen) atoms. The summed E-state index contributed by atoms with van der Waals surface area (Å²) in [7, 11) is 1.89. The maximum Gasteiger partial charge on any atom is 0.241 e. The average molecular weight is 271 g/mol. The summed E-state index contributed by atoms with van der Waals surface area (Å²) < 4.78 is 1.85. The highest BCUT2D eigenvalue weighted by atomic mass is 16.2. The van der Waals surface area contributed by atoms with E-state index in [1.807, 2.05) is 35.9 Å². The molecule has 2 N–H and O–H groups in total. The molecule has 0 spiro atoms. The molecule has 0 saturated carbocycles. The summed E-state index contributed by atoms with van der Waals surface area (Å²) in [4.78, 5) is 12.1. The zero-order valence-electron chi connectivity index (χ0n) is 11.3. The number of aryl methyl sites for hydroxylation is 1. The van der Waals surface area contributed by atoms with Crippen LogP contribution in [0.15, 0.2) is 30.6 Å². The van der Waals surface area contributed by atoms with Crippen molar-refractivity contribution in [1.82, 2.24) is 20.1 Å². The fraction of sp³-hybridized carbons (Fsp3) is 0.357. The van der Waals surface area contributed by atoms with E-state index in [4.69, 9.17) is 0 Å². The van der Waals surface area contributed by atoms with Gasteiger partial charge in [-0.05, 0) is 31.5 Å². The number of anilines is 1. The molecule has 1 atom stereocenters. The van der Waals surface area contributed by atoms with Crippen LogP contribution in [0.4, 0.5) is 5.69 Å². The van der Waals surface area contributed by atoms with Gasteiger partial charge in [-0.3, -0.25) is 4.79 Å². The lowest BCUT2D eigenvalue weighted by Gasteiger charge is -2.11. The van der Waals surface area contributed by atoms with Crippen molar-refractivity contribution in [3.05, 3.63) is 30.6 Å². The molecule has 1 aromatic carbocycles. The topological polar surface area (TPSA) is 71.8 Å². The molecule has 2 heterocycles. The Labute approximate surface area is 117 Å². The number of hydrogen-bond acceptors (Lipinski definition) is 4. The summed E-state index contributed by atoms with van der Waals surface area (Å²) >= 11 is 0. The molecular weight excluding hydrogens is 254 g/mol. The average Bonchev–Trinajstić information content (AvgIpc) is 3.10. The number of nitrogens with zero attached hydrogens (tertiary/aromatic N) is 3. The summed E-state index contributed by atoms with van der Waals surface area (Å²) in [5, 5.41) is 14.1. The lowest BCUT2D eigenvalue weighted by atomic mass is 10.1. The van der Waals surface area contributed by atoms with Crippen molar-refractivity contribution in [2.75, 3.05) is 11.9 Å². The van der Waals surface area contributed by atoms with E-state index in [2.05, 4.69) is 20.8 Å². The van der Waals surface area contributed by atoms with Gasteiger partial charge in [0.2, 0.25) is 5.91 Å². The largest absolute Gasteiger partial charge is 0.325 e. The van der Waals surface area contributed by atoms with Gasteiger partial charge in [0.1, 0.15) is 6.33 Å². The van der Waals surface area contributed by atoms with E-state index < -0.39 is 0 Å². The number of hydrogen-bond donors (Lipinski definition) is 2. The van der Waals surface area contributed by atoms with Crippen LogP contribution in [0.2, 0.25) is 0 Å². The van der Waals surface area contributed by atoms with Gasteiger partial charge in [-0.15, -0.1) is 10.2 Å². The van der Waals surface area contributed by atoms with Gasteiger partial charge in [0, 0.05) is 18.3 Å². The molecule has 2 aromatic rings. The molecule has 6 nitrogen and oxygen atoms in total. The summed E-state index contributed by atoms with van der Waals surface area (Å²) in [6.45, 7) is 0.914. The van der Waals surface area contributed by atoms with Gasteiger partial charge in [-0.1, -0.05) is 12.1 Å². The van der Waals surface area contributed by atoms with E-state index in [-0.39, 0.29) is 11.9 Å². The van der Waals surface area contributed by atoms with Crippen LogP contribution < -0.4 is 10.6 Å². The second-order valence-electron chi connectivity index (χ2n) is 4.98. The van der Waals surface area contributed by atoms with Crippen molar-refractivity contribution >= 4 is 11.6 Å². The van der Waals surface area contributed by atoms with Crippen LogP contribution in [0.25, 0.3) is 11.4 Å². The van der Waals surface area contributed by atoms with Gasteiger partial charge >= 0.3 is 0 Å². The van der Waals surface area contributed by atoms with E-state index in [1.54, 1.807) is 6.33 Å². The smallest absolute Gasteiger partial charge is 0.241 e. The maximum atomic E-state index is 12.1. The highest BCUT2D eigenvalue weighted by Gasteiger charge is 2.21. The van der Waals surface area contributed by atoms with Gasteiger partial charge in [-0.2, -0.15) is 0 Å². The quantitative estimate of drug-likeness (QED) is 0.879. The molecule has 6 heteroatoms. The van der Waals surface area contributed by atoms with Gasteiger partial charge in [0.05, 0.1) is 6.04 Å². The van der Waals surface area contributed by atoms with Crippen molar-refractivity contribution in [3.8, 4) is 11.4 Å². The number of amides is 1. The standard InChI is InChI=1S/C14H17N5O/c1-19-9-16-18-13(19)10-4-2-5-11(8-10)17-14(20)12-6-3-7-15-12/h2,4-5,8-9,12,15H,3,6-7H2,1H3,(H,17,20)/t12-/m1/s1. The molecule has 0 unspecified atom stereocenters. The molecule has 1 aliphatic rings. The fourth-order valence-corrected chi connectivity index (χ4v) is 2.42. The molecular formula is C14H17N5O. The molecule has 3 rings (SSSR count). The SMILES string of the molecule is Cn1cnnc1-c1cccc(NC(=O)[C@H]2CCCN2)c1. The van der Waals surface area contributed by atoms with E-state index in [9.17, 15) is 4.79 Å². The highest BCUT2D eigenvalue weighted by molar-refractivity contribution is 5.95. The number of benzene rings is 1. The predicted molar refractivity (Wildman–Crippen MR) is 76.1 cm³/mol. The van der Waals surface area contributed by atoms with Gasteiger partial charge in [-0.25, -0.2) is 0 Å². The Kier molecular flexibility index (Phi) is 3.47. The van der Waals surface area contributed by atoms with E-state index in [0.717, 1.165) is 36.5 Å². The number of aromatic nitrogens is 3. The van der Waals surface area contributed by atoms with Gasteiger partial charge in [0.25, 0.3) is 0 Å². The van der Waals surface area contributed by atoms with Gasteiger partial charge < -0.3 is 15.2 Å². The molecule has 104 valence electrons. The van der Waals surface area contributed by atoms with Crippen LogP contribution in [-0.4, -0.2) is 33.3 Å². The first-order valence-electron chi connectivity index (χ1n) is 6.73. The summed E-state index contributed by atoms with van der Waals surface area (Å²) in [5.74, 6) is 0.803. The minimum Gasteiger partial charge on any atom is -0.325 e. The zero-order valence-corrected chi connectivity index (χ0v) is 11.3. The molecule has 1 aromatic heterocycles. The third-order valence-electron chi connectivity index (χ3n) is 3.48. The third-order valence-corrected chi connectivity index (χ3v) is 3.48. The Morgan fingerprint density at radius 2 is 2.40 bits per heavy atom. The van der Waals surface area contributed by atoms with Crippen molar-refractivity contribution < 1.29 is 4.79 Å². The second-order valence-corrected chi connectivity index (χ2v) is 4.98. The first kappa shape index (κ1) is 12.8. The lowest BCUT2D eigenvalue weighted by molar-refractivity contribution is -0.117. The summed E-state index contributed by atoms with van der Waals surface area (Å²) in [5.41, 5.74) is 1.71. The van der Waals surface area contributed by atoms with Crippen molar-refractivity contribution in [2.45, 2.75) is 18.9 Å². The Bertz CT molecular complexity index is 616. The first-order chi connectivity index (χ1) is 9.74. The summed E-state index contributed by atoms with van der Waals surface area (Å²) in [6, 6.07) is 7.58. The number of carbonyl (C=O) groups excluding carboxylic acids is 1. The van der Waals surface area contributed by atoms with Crippen molar-refractivity contribution in [3.63, 3.8) is 0 Å². The normalized spacial score (nSPS) is 18.1. The van der Waals surface area contributed by atoms with Crippen LogP contribution in [0.3, 0.4) is 0 Å². The van der Waals surface area contributed by atoms with E-state index in [0.29, 0.717) is 0 Å². The van der Waals surface area contributed by atoms with Crippen LogP contribution >= 0.6 is 0 Å². The predicted octanol–water partition coefficient (Wildman–Crippen LogP) is 1.17. The minimum atomic E-state index is -0.0755. The number of nitrogens with one attached hydrogen (secondary N) is 2. The van der Waals surface area contributed by atoms with Crippen LogP contribution in [0.1, 0.15) is 12.8 Å².